The van der Waals surface area contributed by atoms with Gasteiger partial charge in [-0.05, 0) is 36.8 Å². The molecule has 0 aliphatic carbocycles. The van der Waals surface area contributed by atoms with E-state index in [1.54, 1.807) is 0 Å². The molecule has 0 unspecified atom stereocenters. The number of hydrogen-bond acceptors (Lipinski definition) is 12. The number of carboxylic acid groups (broad SMARTS) is 2. The van der Waals surface area contributed by atoms with Crippen molar-refractivity contribution in [2.24, 2.45) is 23.3 Å². The minimum Gasteiger partial charge on any atom is -0.479 e. The van der Waals surface area contributed by atoms with Crippen LogP contribution in [0.25, 0.3) is 0 Å². The Hall–Kier alpha value is -1.35. The number of carbonyl (C=O) groups is 4. The van der Waals surface area contributed by atoms with E-state index < -0.39 is 110 Å². The van der Waals surface area contributed by atoms with E-state index in [2.05, 4.69) is 15.4 Å². The summed E-state index contributed by atoms with van der Waals surface area (Å²) in [5.41, 5.74) is 10.6. The molecule has 18 nitrogen and oxygen atoms in total. The third-order valence-electron chi connectivity index (χ3n) is 7.00. The number of ether oxygens (including phenoxy) is 2. The number of nitrogens with one attached hydrogen (secondary N) is 4. The standard InChI is InChI=1S/C13H20F2N3O6.C13H22N3O6.2C3H7.2Y/c1-5(20)18-10-7(3-9(16)17)11(14)13(15,12(22)23)24-8(10)2-6(21)4-19;1-6(18)16-12-7(3-11(14)15)2-10(13(20)21)22-9(12)4-8(19)5-17;2*1-3-2;;/h2,6-8,10-11,19,21H,3-4H2,1H3,(H3,16,17)(H,18,20)(H,22,23);4,7-10,12,17,19H,2-3,5H2,1H3,(H3,14,15)(H,16,18)(H,20,21);2*3H,1-2H3;;/q4*-1;;/t6-,7+,8-,10+,11+,13+;7-,8+,9+,10-,12-;;;;/m01..../s1. The van der Waals surface area contributed by atoms with E-state index in [0.29, 0.717) is 0 Å². The van der Waals surface area contributed by atoms with Crippen molar-refractivity contribution in [3.63, 3.8) is 0 Å². The summed E-state index contributed by atoms with van der Waals surface area (Å²) in [7, 11) is 0. The van der Waals surface area contributed by atoms with E-state index in [1.165, 1.54) is 13.3 Å². The molecular formula is C32H56F2N6O12Y2-4. The summed E-state index contributed by atoms with van der Waals surface area (Å²) in [6.45, 7) is 9.05. The Bertz CT molecular complexity index is 1150. The Kier molecular flexibility index (Phi) is 33.8. The minimum absolute atomic E-state index is 0. The molecule has 0 saturated carbocycles. The van der Waals surface area contributed by atoms with Crippen LogP contribution in [0.5, 0.6) is 0 Å². The number of nitrogens with two attached hydrogens (primary N) is 2. The zero-order valence-corrected chi connectivity index (χ0v) is 37.0. The molecule has 2 fully saturated rings. The summed E-state index contributed by atoms with van der Waals surface area (Å²) in [6.07, 6.45) is -3.39. The number of amides is 2. The van der Waals surface area contributed by atoms with Gasteiger partial charge in [0.15, 0.2) is 12.3 Å². The number of aliphatic hydroxyl groups is 4. The second kappa shape index (κ2) is 30.7. The second-order valence-electron chi connectivity index (χ2n) is 12.0. The molecular weight excluding hydrogens is 876 g/mol. The van der Waals surface area contributed by atoms with E-state index in [4.69, 9.17) is 47.4 Å². The van der Waals surface area contributed by atoms with Crippen LogP contribution in [0.3, 0.4) is 0 Å². The number of alkyl halides is 2. The van der Waals surface area contributed by atoms with Crippen molar-refractivity contribution in [2.45, 2.75) is 115 Å². The molecule has 2 aliphatic rings. The van der Waals surface area contributed by atoms with E-state index in [0.717, 1.165) is 13.3 Å². The summed E-state index contributed by atoms with van der Waals surface area (Å²) in [5, 5.41) is 74.5. The van der Waals surface area contributed by atoms with Gasteiger partial charge in [-0.2, -0.15) is 32.1 Å². The first kappa shape index (κ1) is 59.3. The molecule has 14 N–H and O–H groups in total. The molecule has 54 heavy (non-hydrogen) atoms. The van der Waals surface area contributed by atoms with Crippen LogP contribution in [-0.2, 0) is 94.1 Å². The van der Waals surface area contributed by atoms with Crippen LogP contribution in [0.2, 0.25) is 0 Å². The maximum atomic E-state index is 14.5. The van der Waals surface area contributed by atoms with Crippen LogP contribution >= 0.6 is 0 Å². The van der Waals surface area contributed by atoms with Gasteiger partial charge in [-0.15, -0.1) is 0 Å². The van der Waals surface area contributed by atoms with Gasteiger partial charge in [0.05, 0.1) is 11.7 Å². The molecule has 310 valence electrons. The fourth-order valence-corrected chi connectivity index (χ4v) is 5.10. The van der Waals surface area contributed by atoms with Crippen molar-refractivity contribution in [3.05, 3.63) is 25.7 Å². The summed E-state index contributed by atoms with van der Waals surface area (Å²) in [5.74, 6) is -10.8. The van der Waals surface area contributed by atoms with Crippen LogP contribution in [-0.4, -0.2) is 134 Å². The number of aliphatic carboxylic acids is 2. The molecule has 11 atom stereocenters. The number of carboxylic acids is 2. The predicted molar refractivity (Wildman–Crippen MR) is 183 cm³/mol. The largest absolute Gasteiger partial charge is 0.479 e. The molecule has 0 aromatic carbocycles. The summed E-state index contributed by atoms with van der Waals surface area (Å²) < 4.78 is 39.1. The SMILES string of the molecule is CC(=O)N[C@@H]1[C@@H](CC(=N)N)C[C@H](C(=O)O)O[C@H]1[CH-][C@H](O)CO.CC(=O)N[C@@H]1[C@@H](CC(=N)N)[C@@H](F)[C@](F)(C(=O)O)O[C@H]1[CH-][C@H](O)CO.C[CH-]C.C[CH-]C.[Y].[Y]. The van der Waals surface area contributed by atoms with Crippen molar-refractivity contribution < 1.29 is 133 Å². The number of aliphatic hydroxyl groups excluding tert-OH is 4. The molecule has 0 spiro atoms. The number of hydrogen-bond donors (Lipinski definition) is 12. The summed E-state index contributed by atoms with van der Waals surface area (Å²) in [4.78, 5) is 45.0. The van der Waals surface area contributed by atoms with Crippen molar-refractivity contribution >= 4 is 35.4 Å². The van der Waals surface area contributed by atoms with Gasteiger partial charge in [-0.25, -0.2) is 14.0 Å². The van der Waals surface area contributed by atoms with E-state index in [1.807, 2.05) is 40.5 Å². The number of amidine groups is 2. The maximum Gasteiger partial charge on any atom is 0.372 e. The monoisotopic (exact) mass is 932 g/mol. The summed E-state index contributed by atoms with van der Waals surface area (Å²) in [6, 6.07) is -1.94. The molecule has 2 heterocycles. The van der Waals surface area contributed by atoms with Gasteiger partial charge in [0.2, 0.25) is 11.8 Å². The fourth-order valence-electron chi connectivity index (χ4n) is 5.10. The fraction of sp³-hybridized carbons (Fsp3) is 0.688. The smallest absolute Gasteiger partial charge is 0.372 e. The molecule has 2 radical (unpaired) electrons. The van der Waals surface area contributed by atoms with Crippen LogP contribution in [0, 0.1) is 48.3 Å². The zero-order chi connectivity index (χ0) is 40.9. The summed E-state index contributed by atoms with van der Waals surface area (Å²) >= 11 is 0. The Balaban J connectivity index is -0.000000391. The van der Waals surface area contributed by atoms with Gasteiger partial charge in [0.25, 0.3) is 0 Å². The van der Waals surface area contributed by atoms with Crippen molar-refractivity contribution in [2.75, 3.05) is 13.2 Å². The number of carbonyl (C=O) groups excluding carboxylic acids is 2. The van der Waals surface area contributed by atoms with Gasteiger partial charge in [0, 0.05) is 123 Å². The quantitative estimate of drug-likeness (QED) is 0.0575. The first-order valence-corrected chi connectivity index (χ1v) is 16.2. The third-order valence-corrected chi connectivity index (χ3v) is 7.00. The normalized spacial score (nSPS) is 28.0. The van der Waals surface area contributed by atoms with Crippen LogP contribution in [0.15, 0.2) is 0 Å². The van der Waals surface area contributed by atoms with E-state index in [-0.39, 0.29) is 90.0 Å². The molecule has 2 rings (SSSR count). The average Bonchev–Trinajstić information content (AvgIpc) is 3.02. The number of rotatable bonds is 14. The topological polar surface area (TPSA) is 332 Å². The Labute approximate surface area is 365 Å². The van der Waals surface area contributed by atoms with Crippen molar-refractivity contribution in [3.8, 4) is 0 Å². The molecule has 0 bridgehead atoms. The van der Waals surface area contributed by atoms with Gasteiger partial charge in [-0.3, -0.25) is 33.2 Å². The molecule has 2 amide bonds. The van der Waals surface area contributed by atoms with Crippen LogP contribution in [0.4, 0.5) is 8.78 Å². The van der Waals surface area contributed by atoms with E-state index in [9.17, 15) is 38.2 Å². The average molecular weight is 933 g/mol. The van der Waals surface area contributed by atoms with Gasteiger partial charge in [0.1, 0.15) is 0 Å². The minimum atomic E-state index is -3.76. The molecule has 2 saturated heterocycles. The first-order chi connectivity index (χ1) is 24.1. The first-order valence-electron chi connectivity index (χ1n) is 16.2. The Morgan fingerprint density at radius 3 is 1.61 bits per heavy atom. The number of halogens is 2. The maximum absolute atomic E-state index is 14.5. The zero-order valence-electron chi connectivity index (χ0n) is 31.3. The van der Waals surface area contributed by atoms with Crippen LogP contribution < -0.4 is 22.1 Å². The Morgan fingerprint density at radius 2 is 1.26 bits per heavy atom. The second-order valence-corrected chi connectivity index (χ2v) is 12.0. The molecule has 0 aromatic heterocycles. The van der Waals surface area contributed by atoms with Gasteiger partial charge < -0.3 is 75.1 Å². The Morgan fingerprint density at radius 1 is 0.852 bits per heavy atom. The molecule has 0 aromatic rings. The van der Waals surface area contributed by atoms with Crippen LogP contribution in [0.1, 0.15) is 60.8 Å². The third kappa shape index (κ3) is 21.8. The van der Waals surface area contributed by atoms with E-state index >= 15 is 0 Å². The van der Waals surface area contributed by atoms with Gasteiger partial charge in [-0.1, -0.05) is 0 Å². The molecule has 2 aliphatic heterocycles. The van der Waals surface area contributed by atoms with Crippen molar-refractivity contribution in [1.82, 2.24) is 10.6 Å². The predicted octanol–water partition coefficient (Wildman–Crippen LogP) is -0.833. The van der Waals surface area contributed by atoms with Crippen molar-refractivity contribution in [1.29, 1.82) is 10.8 Å². The molecule has 22 heteroatoms. The van der Waals surface area contributed by atoms with Gasteiger partial charge >= 0.3 is 17.8 Å².